The summed E-state index contributed by atoms with van der Waals surface area (Å²) < 4.78 is 0. The van der Waals surface area contributed by atoms with Crippen LogP contribution in [-0.4, -0.2) is 0 Å². The Balaban J connectivity index is 0.000000292. The zero-order chi connectivity index (χ0) is 8.69. The van der Waals surface area contributed by atoms with Crippen LogP contribution in [0.4, 0.5) is 5.69 Å². The molecule has 0 aliphatic rings. The van der Waals surface area contributed by atoms with E-state index in [1.165, 1.54) is 12.0 Å². The van der Waals surface area contributed by atoms with Crippen LogP contribution in [0, 0.1) is 6.92 Å². The van der Waals surface area contributed by atoms with Crippen molar-refractivity contribution in [3.8, 4) is 0 Å². The monoisotopic (exact) mass is 151 g/mol. The van der Waals surface area contributed by atoms with Crippen LogP contribution >= 0.6 is 0 Å². The second kappa shape index (κ2) is 5.78. The largest absolute Gasteiger partial charge is 0.399 e. The molecule has 62 valence electrons. The first-order valence-electron chi connectivity index (χ1n) is 4.02. The Hall–Kier alpha value is -0.980. The minimum Gasteiger partial charge on any atom is -0.399 e. The Morgan fingerprint density at radius 1 is 1.27 bits per heavy atom. The van der Waals surface area contributed by atoms with Gasteiger partial charge < -0.3 is 5.73 Å². The van der Waals surface area contributed by atoms with E-state index in [-0.39, 0.29) is 0 Å². The fourth-order valence-corrected chi connectivity index (χ4v) is 0.670. The lowest BCUT2D eigenvalue weighted by Gasteiger charge is -1.91. The van der Waals surface area contributed by atoms with Crippen LogP contribution in [0.25, 0.3) is 0 Å². The van der Waals surface area contributed by atoms with Crippen LogP contribution < -0.4 is 5.73 Å². The summed E-state index contributed by atoms with van der Waals surface area (Å²) in [5.74, 6) is 0. The number of hydrogen-bond acceptors (Lipinski definition) is 1. The van der Waals surface area contributed by atoms with Gasteiger partial charge >= 0.3 is 0 Å². The molecule has 1 rings (SSSR count). The first-order valence-corrected chi connectivity index (χ1v) is 4.02. The number of rotatable bonds is 0. The van der Waals surface area contributed by atoms with Gasteiger partial charge in [-0.2, -0.15) is 0 Å². The fourth-order valence-electron chi connectivity index (χ4n) is 0.670. The van der Waals surface area contributed by atoms with Gasteiger partial charge in [-0.05, 0) is 24.6 Å². The number of hydrogen-bond donors (Lipinski definition) is 1. The molecular weight excluding hydrogens is 134 g/mol. The highest BCUT2D eigenvalue weighted by Crippen LogP contribution is 2.03. The first kappa shape index (κ1) is 10.0. The molecule has 0 heterocycles. The highest BCUT2D eigenvalue weighted by Gasteiger charge is 1.81. The van der Waals surface area contributed by atoms with Crippen molar-refractivity contribution >= 4 is 5.69 Å². The maximum absolute atomic E-state index is 5.46. The summed E-state index contributed by atoms with van der Waals surface area (Å²) in [5, 5.41) is 0. The molecule has 0 aliphatic carbocycles. The van der Waals surface area contributed by atoms with Crippen molar-refractivity contribution in [2.45, 2.75) is 27.2 Å². The van der Waals surface area contributed by atoms with E-state index >= 15 is 0 Å². The van der Waals surface area contributed by atoms with Gasteiger partial charge in [-0.25, -0.2) is 0 Å². The molecule has 1 heteroatoms. The lowest BCUT2D eigenvalue weighted by Crippen LogP contribution is -1.82. The molecule has 2 N–H and O–H groups in total. The van der Waals surface area contributed by atoms with E-state index in [0.29, 0.717) is 0 Å². The number of nitrogens with two attached hydrogens (primary N) is 1. The molecule has 0 aromatic heterocycles. The van der Waals surface area contributed by atoms with Gasteiger partial charge in [0.05, 0.1) is 0 Å². The molecule has 1 nitrogen and oxygen atoms in total. The number of nitrogen functional groups attached to an aromatic ring is 1. The van der Waals surface area contributed by atoms with Gasteiger partial charge in [0.1, 0.15) is 0 Å². The van der Waals surface area contributed by atoms with Crippen LogP contribution in [0.2, 0.25) is 0 Å². The Kier molecular flexibility index (Phi) is 5.26. The molecule has 0 aliphatic heterocycles. The molecule has 0 bridgehead atoms. The molecule has 0 amide bonds. The molecule has 11 heavy (non-hydrogen) atoms. The Labute approximate surface area is 69.2 Å². The lowest BCUT2D eigenvalue weighted by atomic mass is 10.2. The predicted molar refractivity (Wildman–Crippen MR) is 51.6 cm³/mol. The third-order valence-corrected chi connectivity index (χ3v) is 1.04. The van der Waals surface area contributed by atoms with E-state index in [2.05, 4.69) is 13.8 Å². The Morgan fingerprint density at radius 3 is 2.09 bits per heavy atom. The van der Waals surface area contributed by atoms with E-state index in [9.17, 15) is 0 Å². The third kappa shape index (κ3) is 5.46. The number of aryl methyl sites for hydroxylation is 1. The topological polar surface area (TPSA) is 26.0 Å². The van der Waals surface area contributed by atoms with Crippen molar-refractivity contribution in [1.82, 2.24) is 0 Å². The van der Waals surface area contributed by atoms with E-state index in [1.54, 1.807) is 0 Å². The summed E-state index contributed by atoms with van der Waals surface area (Å²) in [6.07, 6.45) is 1.25. The predicted octanol–water partition coefficient (Wildman–Crippen LogP) is 2.99. The molecule has 0 atom stereocenters. The van der Waals surface area contributed by atoms with Gasteiger partial charge in [0.15, 0.2) is 0 Å². The molecule has 1 aromatic rings. The minimum atomic E-state index is 0.838. The van der Waals surface area contributed by atoms with Crippen LogP contribution in [0.3, 0.4) is 0 Å². The molecule has 0 unspecified atom stereocenters. The number of anilines is 1. The van der Waals surface area contributed by atoms with E-state index in [4.69, 9.17) is 5.73 Å². The normalized spacial score (nSPS) is 8.27. The smallest absolute Gasteiger partial charge is 0.0316 e. The van der Waals surface area contributed by atoms with Crippen molar-refractivity contribution in [2.75, 3.05) is 5.73 Å². The van der Waals surface area contributed by atoms with Crippen molar-refractivity contribution < 1.29 is 0 Å². The van der Waals surface area contributed by atoms with Crippen molar-refractivity contribution in [2.24, 2.45) is 0 Å². The number of benzene rings is 1. The van der Waals surface area contributed by atoms with Gasteiger partial charge in [0.25, 0.3) is 0 Å². The molecule has 1 aromatic carbocycles. The molecule has 0 radical (unpaired) electrons. The van der Waals surface area contributed by atoms with Crippen LogP contribution in [0.1, 0.15) is 25.8 Å². The van der Waals surface area contributed by atoms with Gasteiger partial charge in [-0.3, -0.25) is 0 Å². The second-order valence-electron chi connectivity index (χ2n) is 2.62. The summed E-state index contributed by atoms with van der Waals surface area (Å²) in [7, 11) is 0. The molecule has 0 spiro atoms. The summed E-state index contributed by atoms with van der Waals surface area (Å²) in [6, 6.07) is 7.80. The molecule has 0 saturated carbocycles. The summed E-state index contributed by atoms with van der Waals surface area (Å²) in [4.78, 5) is 0. The quantitative estimate of drug-likeness (QED) is 0.567. The zero-order valence-corrected chi connectivity index (χ0v) is 7.59. The van der Waals surface area contributed by atoms with Gasteiger partial charge in [-0.15, -0.1) is 0 Å². The van der Waals surface area contributed by atoms with Crippen LogP contribution in [0.5, 0.6) is 0 Å². The molecule has 0 fully saturated rings. The SMILES string of the molecule is CCC.Cc1cccc(N)c1. The average molecular weight is 151 g/mol. The Bertz CT molecular complexity index is 177. The maximum atomic E-state index is 5.46. The second-order valence-corrected chi connectivity index (χ2v) is 2.62. The highest BCUT2D eigenvalue weighted by molar-refractivity contribution is 5.39. The van der Waals surface area contributed by atoms with Gasteiger partial charge in [0.2, 0.25) is 0 Å². The van der Waals surface area contributed by atoms with Crippen LogP contribution in [0.15, 0.2) is 24.3 Å². The first-order chi connectivity index (χ1) is 5.20. The lowest BCUT2D eigenvalue weighted by molar-refractivity contribution is 1.09. The van der Waals surface area contributed by atoms with Crippen LogP contribution in [-0.2, 0) is 0 Å². The maximum Gasteiger partial charge on any atom is 0.0316 e. The third-order valence-electron chi connectivity index (χ3n) is 1.04. The average Bonchev–Trinajstić information content (AvgIpc) is 1.88. The molecule has 0 saturated heterocycles. The summed E-state index contributed by atoms with van der Waals surface area (Å²) in [6.45, 7) is 6.27. The Morgan fingerprint density at radius 2 is 1.82 bits per heavy atom. The summed E-state index contributed by atoms with van der Waals surface area (Å²) in [5.41, 5.74) is 7.51. The van der Waals surface area contributed by atoms with E-state index in [1.807, 2.05) is 31.2 Å². The highest BCUT2D eigenvalue weighted by atomic mass is 14.5. The van der Waals surface area contributed by atoms with Crippen molar-refractivity contribution in [1.29, 1.82) is 0 Å². The van der Waals surface area contributed by atoms with Crippen molar-refractivity contribution in [3.05, 3.63) is 29.8 Å². The van der Waals surface area contributed by atoms with E-state index in [0.717, 1.165) is 5.69 Å². The minimum absolute atomic E-state index is 0.838. The zero-order valence-electron chi connectivity index (χ0n) is 7.59. The fraction of sp³-hybridized carbons (Fsp3) is 0.400. The van der Waals surface area contributed by atoms with E-state index < -0.39 is 0 Å². The van der Waals surface area contributed by atoms with Crippen molar-refractivity contribution in [3.63, 3.8) is 0 Å². The summed E-state index contributed by atoms with van der Waals surface area (Å²) >= 11 is 0. The van der Waals surface area contributed by atoms with Gasteiger partial charge in [0, 0.05) is 5.69 Å². The molecular formula is C10H17N. The standard InChI is InChI=1S/C7H9N.C3H8/c1-6-3-2-4-7(8)5-6;1-3-2/h2-5H,8H2,1H3;3H2,1-2H3. The van der Waals surface area contributed by atoms with Gasteiger partial charge in [-0.1, -0.05) is 32.4 Å².